The summed E-state index contributed by atoms with van der Waals surface area (Å²) < 4.78 is 0.855. The van der Waals surface area contributed by atoms with Gasteiger partial charge in [-0.2, -0.15) is 0 Å². The van der Waals surface area contributed by atoms with E-state index in [1.54, 1.807) is 0 Å². The molecule has 0 spiro atoms. The van der Waals surface area contributed by atoms with E-state index < -0.39 is 0 Å². The molecule has 0 bridgehead atoms. The molecule has 0 saturated heterocycles. The number of nitrogens with zero attached hydrogens (tertiary/aromatic N) is 1. The number of nitrogens with two attached hydrogens (primary N) is 1. The predicted molar refractivity (Wildman–Crippen MR) is 82.2 cm³/mol. The number of carbonyl (C=O) groups excluding carboxylic acids is 1. The highest BCUT2D eigenvalue weighted by Gasteiger charge is 2.21. The van der Waals surface area contributed by atoms with Crippen molar-refractivity contribution in [2.24, 2.45) is 5.92 Å². The molecule has 0 aromatic heterocycles. The van der Waals surface area contributed by atoms with Crippen LogP contribution in [-0.2, 0) is 0 Å². The van der Waals surface area contributed by atoms with E-state index in [1.165, 1.54) is 25.7 Å². The number of rotatable bonds is 3. The molecule has 3 nitrogen and oxygen atoms in total. The first kappa shape index (κ1) is 14.4. The van der Waals surface area contributed by atoms with Crippen LogP contribution in [0, 0.1) is 12.8 Å². The molecule has 1 aliphatic carbocycles. The second-order valence-corrected chi connectivity index (χ2v) is 6.42. The van der Waals surface area contributed by atoms with Gasteiger partial charge in [0.15, 0.2) is 0 Å². The zero-order valence-electron chi connectivity index (χ0n) is 11.6. The highest BCUT2D eigenvalue weighted by Crippen LogP contribution is 2.27. The largest absolute Gasteiger partial charge is 0.398 e. The van der Waals surface area contributed by atoms with Crippen LogP contribution in [0.15, 0.2) is 16.6 Å². The van der Waals surface area contributed by atoms with Gasteiger partial charge >= 0.3 is 0 Å². The lowest BCUT2D eigenvalue weighted by molar-refractivity contribution is 0.0772. The van der Waals surface area contributed by atoms with E-state index in [4.69, 9.17) is 5.73 Å². The monoisotopic (exact) mass is 324 g/mol. The van der Waals surface area contributed by atoms with Crippen molar-refractivity contribution in [2.75, 3.05) is 19.3 Å². The van der Waals surface area contributed by atoms with E-state index >= 15 is 0 Å². The van der Waals surface area contributed by atoms with E-state index in [-0.39, 0.29) is 5.91 Å². The molecule has 0 aliphatic heterocycles. The van der Waals surface area contributed by atoms with Crippen molar-refractivity contribution in [3.05, 3.63) is 27.7 Å². The van der Waals surface area contributed by atoms with Gasteiger partial charge in [0.2, 0.25) is 0 Å². The summed E-state index contributed by atoms with van der Waals surface area (Å²) in [6, 6.07) is 3.70. The fourth-order valence-electron chi connectivity index (χ4n) is 2.79. The predicted octanol–water partition coefficient (Wildman–Crippen LogP) is 3.60. The summed E-state index contributed by atoms with van der Waals surface area (Å²) >= 11 is 3.40. The van der Waals surface area contributed by atoms with Crippen LogP contribution in [-0.4, -0.2) is 24.4 Å². The Labute approximate surface area is 123 Å². The Bertz CT molecular complexity index is 481. The van der Waals surface area contributed by atoms with Crippen molar-refractivity contribution in [2.45, 2.75) is 32.6 Å². The van der Waals surface area contributed by atoms with Gasteiger partial charge in [-0.25, -0.2) is 0 Å². The first-order valence-corrected chi connectivity index (χ1v) is 7.59. The molecular formula is C15H21BrN2O. The lowest BCUT2D eigenvalue weighted by atomic mass is 10.0. The second-order valence-electron chi connectivity index (χ2n) is 5.50. The smallest absolute Gasteiger partial charge is 0.253 e. The van der Waals surface area contributed by atoms with Crippen LogP contribution in [0.4, 0.5) is 5.69 Å². The summed E-state index contributed by atoms with van der Waals surface area (Å²) in [5.41, 5.74) is 8.15. The number of carbonyl (C=O) groups is 1. The summed E-state index contributed by atoms with van der Waals surface area (Å²) in [4.78, 5) is 14.3. The van der Waals surface area contributed by atoms with Crippen molar-refractivity contribution < 1.29 is 4.79 Å². The molecule has 2 rings (SSSR count). The lowest BCUT2D eigenvalue weighted by Gasteiger charge is -2.22. The van der Waals surface area contributed by atoms with Gasteiger partial charge in [0.25, 0.3) is 5.91 Å². The summed E-state index contributed by atoms with van der Waals surface area (Å²) in [6.45, 7) is 2.75. The molecule has 19 heavy (non-hydrogen) atoms. The van der Waals surface area contributed by atoms with E-state index in [2.05, 4.69) is 15.9 Å². The molecule has 1 fully saturated rings. The third-order valence-electron chi connectivity index (χ3n) is 4.00. The molecule has 0 radical (unpaired) electrons. The van der Waals surface area contributed by atoms with Crippen molar-refractivity contribution in [1.29, 1.82) is 0 Å². The number of hydrogen-bond acceptors (Lipinski definition) is 2. The van der Waals surface area contributed by atoms with Gasteiger partial charge < -0.3 is 10.6 Å². The average molecular weight is 325 g/mol. The Morgan fingerprint density at radius 3 is 2.68 bits per heavy atom. The molecule has 1 amide bonds. The van der Waals surface area contributed by atoms with Crippen molar-refractivity contribution in [3.63, 3.8) is 0 Å². The van der Waals surface area contributed by atoms with Gasteiger partial charge in [-0.05, 0) is 43.4 Å². The molecule has 0 atom stereocenters. The SMILES string of the molecule is Cc1c(N)cc(Br)cc1C(=O)N(C)CC1CCCC1. The molecule has 1 aliphatic rings. The van der Waals surface area contributed by atoms with Crippen LogP contribution < -0.4 is 5.73 Å². The summed E-state index contributed by atoms with van der Waals surface area (Å²) in [5.74, 6) is 0.733. The topological polar surface area (TPSA) is 46.3 Å². The Balaban J connectivity index is 2.14. The van der Waals surface area contributed by atoms with Crippen LogP contribution in [0.3, 0.4) is 0 Å². The normalized spacial score (nSPS) is 15.7. The first-order chi connectivity index (χ1) is 8.99. The van der Waals surface area contributed by atoms with Crippen LogP contribution in [0.1, 0.15) is 41.6 Å². The highest BCUT2D eigenvalue weighted by atomic mass is 79.9. The van der Waals surface area contributed by atoms with E-state index in [0.29, 0.717) is 17.2 Å². The maximum atomic E-state index is 12.5. The maximum Gasteiger partial charge on any atom is 0.253 e. The van der Waals surface area contributed by atoms with Crippen LogP contribution in [0.2, 0.25) is 0 Å². The highest BCUT2D eigenvalue weighted by molar-refractivity contribution is 9.10. The second kappa shape index (κ2) is 5.95. The zero-order valence-corrected chi connectivity index (χ0v) is 13.2. The third kappa shape index (κ3) is 3.30. The molecule has 2 N–H and O–H groups in total. The lowest BCUT2D eigenvalue weighted by Crippen LogP contribution is -2.31. The Morgan fingerprint density at radius 2 is 2.05 bits per heavy atom. The molecule has 0 heterocycles. The van der Waals surface area contributed by atoms with Crippen molar-refractivity contribution >= 4 is 27.5 Å². The molecule has 1 aromatic rings. The standard InChI is InChI=1S/C15H21BrN2O/c1-10-13(7-12(16)8-14(10)17)15(19)18(2)9-11-5-3-4-6-11/h7-8,11H,3-6,9,17H2,1-2H3. The van der Waals surface area contributed by atoms with Gasteiger partial charge in [0, 0.05) is 29.3 Å². The quantitative estimate of drug-likeness (QED) is 0.863. The van der Waals surface area contributed by atoms with Gasteiger partial charge in [0.1, 0.15) is 0 Å². The van der Waals surface area contributed by atoms with Crippen molar-refractivity contribution in [3.8, 4) is 0 Å². The van der Waals surface area contributed by atoms with Crippen LogP contribution in [0.25, 0.3) is 0 Å². The molecule has 1 saturated carbocycles. The van der Waals surface area contributed by atoms with E-state index in [9.17, 15) is 4.79 Å². The number of nitrogen functional groups attached to an aromatic ring is 1. The molecule has 4 heteroatoms. The average Bonchev–Trinajstić information content (AvgIpc) is 2.85. The van der Waals surface area contributed by atoms with Gasteiger partial charge in [-0.3, -0.25) is 4.79 Å². The van der Waals surface area contributed by atoms with E-state index in [1.807, 2.05) is 31.0 Å². The van der Waals surface area contributed by atoms with Crippen LogP contribution in [0.5, 0.6) is 0 Å². The minimum absolute atomic E-state index is 0.0670. The summed E-state index contributed by atoms with van der Waals surface area (Å²) in [5, 5.41) is 0. The number of hydrogen-bond donors (Lipinski definition) is 1. The minimum Gasteiger partial charge on any atom is -0.398 e. The van der Waals surface area contributed by atoms with Gasteiger partial charge in [-0.1, -0.05) is 28.8 Å². The summed E-state index contributed by atoms with van der Waals surface area (Å²) in [6.07, 6.45) is 5.10. The van der Waals surface area contributed by atoms with Crippen LogP contribution >= 0.6 is 15.9 Å². The fourth-order valence-corrected chi connectivity index (χ4v) is 3.27. The number of benzene rings is 1. The molecule has 104 valence electrons. The Hall–Kier alpha value is -1.03. The number of amides is 1. The Morgan fingerprint density at radius 1 is 1.42 bits per heavy atom. The van der Waals surface area contributed by atoms with Gasteiger partial charge in [-0.15, -0.1) is 0 Å². The molecular weight excluding hydrogens is 304 g/mol. The zero-order chi connectivity index (χ0) is 14.0. The molecule has 0 unspecified atom stereocenters. The number of halogens is 1. The minimum atomic E-state index is 0.0670. The first-order valence-electron chi connectivity index (χ1n) is 6.80. The summed E-state index contributed by atoms with van der Waals surface area (Å²) in [7, 11) is 1.89. The maximum absolute atomic E-state index is 12.5. The fraction of sp³-hybridized carbons (Fsp3) is 0.533. The number of anilines is 1. The van der Waals surface area contributed by atoms with Gasteiger partial charge in [0.05, 0.1) is 0 Å². The molecule has 1 aromatic carbocycles. The Kier molecular flexibility index (Phi) is 4.50. The third-order valence-corrected chi connectivity index (χ3v) is 4.45. The van der Waals surface area contributed by atoms with Crippen molar-refractivity contribution in [1.82, 2.24) is 4.90 Å². The van der Waals surface area contributed by atoms with E-state index in [0.717, 1.165) is 16.6 Å².